The van der Waals surface area contributed by atoms with Gasteiger partial charge in [-0.1, -0.05) is 20.3 Å². The van der Waals surface area contributed by atoms with E-state index in [9.17, 15) is 9.59 Å². The number of ether oxygens (including phenoxy) is 1. The molecule has 0 saturated carbocycles. The number of likely N-dealkylation sites (tertiary alicyclic amines) is 1. The number of hydrogen-bond acceptors (Lipinski definition) is 4. The van der Waals surface area contributed by atoms with Gasteiger partial charge in [-0.2, -0.15) is 5.10 Å². The Morgan fingerprint density at radius 1 is 1.35 bits per heavy atom. The van der Waals surface area contributed by atoms with Gasteiger partial charge in [0.2, 0.25) is 5.91 Å². The van der Waals surface area contributed by atoms with Gasteiger partial charge < -0.3 is 9.64 Å². The second-order valence-corrected chi connectivity index (χ2v) is 6.27. The van der Waals surface area contributed by atoms with Crippen molar-refractivity contribution in [2.75, 3.05) is 19.7 Å². The topological polar surface area (TPSA) is 64.4 Å². The van der Waals surface area contributed by atoms with Crippen molar-refractivity contribution in [2.45, 2.75) is 58.9 Å². The standard InChI is InChI=1S/C17H27N3O3/c1-4-20-12-14(16(18-20)13(2)3)17(22)23-11-10-19-9-7-5-6-8-15(19)21/h12-13H,4-11H2,1-3H3. The number of hydrogen-bond donors (Lipinski definition) is 0. The van der Waals surface area contributed by atoms with Crippen LogP contribution in [0.15, 0.2) is 6.20 Å². The fraction of sp³-hybridized carbons (Fsp3) is 0.706. The van der Waals surface area contributed by atoms with Crippen LogP contribution in [-0.2, 0) is 16.1 Å². The monoisotopic (exact) mass is 321 g/mol. The summed E-state index contributed by atoms with van der Waals surface area (Å²) in [5.74, 6) is -0.0200. The molecule has 0 unspecified atom stereocenters. The van der Waals surface area contributed by atoms with Crippen LogP contribution in [0.5, 0.6) is 0 Å². The zero-order valence-corrected chi connectivity index (χ0v) is 14.4. The molecule has 0 bridgehead atoms. The van der Waals surface area contributed by atoms with E-state index >= 15 is 0 Å². The van der Waals surface area contributed by atoms with Gasteiger partial charge in [-0.3, -0.25) is 9.48 Å². The van der Waals surface area contributed by atoms with Crippen LogP contribution in [0.3, 0.4) is 0 Å². The molecule has 6 nitrogen and oxygen atoms in total. The highest BCUT2D eigenvalue weighted by molar-refractivity contribution is 5.90. The maximum Gasteiger partial charge on any atom is 0.341 e. The van der Waals surface area contributed by atoms with Gasteiger partial charge in [-0.25, -0.2) is 4.79 Å². The van der Waals surface area contributed by atoms with Crippen LogP contribution >= 0.6 is 0 Å². The number of carbonyl (C=O) groups excluding carboxylic acids is 2. The van der Waals surface area contributed by atoms with Gasteiger partial charge in [0.15, 0.2) is 0 Å². The van der Waals surface area contributed by atoms with Crippen LogP contribution in [0.2, 0.25) is 0 Å². The van der Waals surface area contributed by atoms with Gasteiger partial charge in [0.25, 0.3) is 0 Å². The number of amides is 1. The van der Waals surface area contributed by atoms with E-state index in [2.05, 4.69) is 5.10 Å². The van der Waals surface area contributed by atoms with Gasteiger partial charge in [-0.15, -0.1) is 0 Å². The smallest absolute Gasteiger partial charge is 0.341 e. The van der Waals surface area contributed by atoms with Crippen molar-refractivity contribution in [3.8, 4) is 0 Å². The third kappa shape index (κ3) is 4.56. The van der Waals surface area contributed by atoms with E-state index in [-0.39, 0.29) is 24.4 Å². The molecule has 0 radical (unpaired) electrons. The quantitative estimate of drug-likeness (QED) is 0.755. The highest BCUT2D eigenvalue weighted by Gasteiger charge is 2.21. The lowest BCUT2D eigenvalue weighted by molar-refractivity contribution is -0.131. The molecule has 128 valence electrons. The molecule has 1 fully saturated rings. The minimum absolute atomic E-state index is 0.164. The minimum atomic E-state index is -0.351. The van der Waals surface area contributed by atoms with Crippen molar-refractivity contribution in [3.63, 3.8) is 0 Å². The zero-order chi connectivity index (χ0) is 16.8. The summed E-state index contributed by atoms with van der Waals surface area (Å²) in [4.78, 5) is 26.0. The first kappa shape index (κ1) is 17.5. The van der Waals surface area contributed by atoms with E-state index in [1.54, 1.807) is 15.8 Å². The summed E-state index contributed by atoms with van der Waals surface area (Å²) in [6, 6.07) is 0. The van der Waals surface area contributed by atoms with Crippen molar-refractivity contribution in [1.29, 1.82) is 0 Å². The van der Waals surface area contributed by atoms with Gasteiger partial charge in [0.05, 0.1) is 12.2 Å². The van der Waals surface area contributed by atoms with Gasteiger partial charge >= 0.3 is 5.97 Å². The lowest BCUT2D eigenvalue weighted by Crippen LogP contribution is -2.33. The van der Waals surface area contributed by atoms with E-state index in [1.807, 2.05) is 20.8 Å². The molecule has 0 aromatic carbocycles. The van der Waals surface area contributed by atoms with Crippen molar-refractivity contribution in [3.05, 3.63) is 17.5 Å². The highest BCUT2D eigenvalue weighted by atomic mass is 16.5. The third-order valence-corrected chi connectivity index (χ3v) is 4.15. The third-order valence-electron chi connectivity index (χ3n) is 4.15. The van der Waals surface area contributed by atoms with Crippen LogP contribution in [0.25, 0.3) is 0 Å². The Kier molecular flexibility index (Phi) is 6.19. The number of esters is 1. The Morgan fingerprint density at radius 2 is 2.13 bits per heavy atom. The van der Waals surface area contributed by atoms with Crippen LogP contribution in [0.4, 0.5) is 0 Å². The largest absolute Gasteiger partial charge is 0.460 e. The van der Waals surface area contributed by atoms with E-state index in [0.29, 0.717) is 18.5 Å². The predicted octanol–water partition coefficient (Wildman–Crippen LogP) is 2.59. The Hall–Kier alpha value is -1.85. The van der Waals surface area contributed by atoms with Crippen LogP contribution in [-0.4, -0.2) is 46.3 Å². The Balaban J connectivity index is 1.92. The summed E-state index contributed by atoms with van der Waals surface area (Å²) in [6.45, 7) is 8.20. The zero-order valence-electron chi connectivity index (χ0n) is 14.4. The summed E-state index contributed by atoms with van der Waals surface area (Å²) in [5.41, 5.74) is 1.30. The lowest BCUT2D eigenvalue weighted by Gasteiger charge is -2.20. The Morgan fingerprint density at radius 3 is 2.83 bits per heavy atom. The summed E-state index contributed by atoms with van der Waals surface area (Å²) in [7, 11) is 0. The number of aromatic nitrogens is 2. The van der Waals surface area contributed by atoms with Gasteiger partial charge in [0, 0.05) is 25.7 Å². The second-order valence-electron chi connectivity index (χ2n) is 6.27. The summed E-state index contributed by atoms with van der Waals surface area (Å²) >= 11 is 0. The highest BCUT2D eigenvalue weighted by Crippen LogP contribution is 2.18. The molecule has 0 spiro atoms. The predicted molar refractivity (Wildman–Crippen MR) is 87.3 cm³/mol. The fourth-order valence-corrected chi connectivity index (χ4v) is 2.78. The van der Waals surface area contributed by atoms with E-state index in [0.717, 1.165) is 38.0 Å². The molecule has 1 aliphatic rings. The number of rotatable bonds is 6. The molecule has 0 N–H and O–H groups in total. The second kappa shape index (κ2) is 8.13. The normalized spacial score (nSPS) is 15.8. The molecule has 0 atom stereocenters. The van der Waals surface area contributed by atoms with Crippen molar-refractivity contribution < 1.29 is 14.3 Å². The molecular formula is C17H27N3O3. The Bertz CT molecular complexity index is 551. The SMILES string of the molecule is CCn1cc(C(=O)OCCN2CCCCCC2=O)c(C(C)C)n1. The summed E-state index contributed by atoms with van der Waals surface area (Å²) < 4.78 is 7.14. The average molecular weight is 321 g/mol. The van der Waals surface area contributed by atoms with E-state index in [1.165, 1.54) is 0 Å². The number of nitrogens with zero attached hydrogens (tertiary/aromatic N) is 3. The van der Waals surface area contributed by atoms with Gasteiger partial charge in [-0.05, 0) is 25.7 Å². The van der Waals surface area contributed by atoms with Crippen molar-refractivity contribution in [2.24, 2.45) is 0 Å². The fourth-order valence-electron chi connectivity index (χ4n) is 2.78. The first-order chi connectivity index (χ1) is 11.0. The van der Waals surface area contributed by atoms with Crippen molar-refractivity contribution in [1.82, 2.24) is 14.7 Å². The molecule has 6 heteroatoms. The molecule has 23 heavy (non-hydrogen) atoms. The molecule has 1 saturated heterocycles. The van der Waals surface area contributed by atoms with E-state index in [4.69, 9.17) is 4.74 Å². The first-order valence-electron chi connectivity index (χ1n) is 8.55. The average Bonchev–Trinajstić information content (AvgIpc) is 2.87. The minimum Gasteiger partial charge on any atom is -0.460 e. The maximum atomic E-state index is 12.3. The van der Waals surface area contributed by atoms with Gasteiger partial charge in [0.1, 0.15) is 12.2 Å². The molecule has 1 aromatic rings. The summed E-state index contributed by atoms with van der Waals surface area (Å²) in [5, 5.41) is 4.42. The summed E-state index contributed by atoms with van der Waals surface area (Å²) in [6.07, 6.45) is 5.43. The maximum absolute atomic E-state index is 12.3. The van der Waals surface area contributed by atoms with Crippen LogP contribution < -0.4 is 0 Å². The molecule has 2 heterocycles. The van der Waals surface area contributed by atoms with Crippen LogP contribution in [0, 0.1) is 0 Å². The molecule has 1 aliphatic heterocycles. The number of carbonyl (C=O) groups is 2. The molecule has 1 amide bonds. The molecule has 2 rings (SSSR count). The first-order valence-corrected chi connectivity index (χ1v) is 8.55. The number of aryl methyl sites for hydroxylation is 1. The van der Waals surface area contributed by atoms with E-state index < -0.39 is 0 Å². The molecule has 1 aromatic heterocycles. The lowest BCUT2D eigenvalue weighted by atomic mass is 10.1. The van der Waals surface area contributed by atoms with Crippen LogP contribution in [0.1, 0.15) is 68.4 Å². The molecule has 0 aliphatic carbocycles. The molecular weight excluding hydrogens is 294 g/mol. The van der Waals surface area contributed by atoms with Crippen molar-refractivity contribution >= 4 is 11.9 Å². The Labute approximate surface area is 137 Å².